The molecule has 2 heterocycles. The number of hydrogen-bond donors (Lipinski definition) is 2. The van der Waals surface area contributed by atoms with Gasteiger partial charge in [0.05, 0.1) is 0 Å². The molecule has 1 saturated heterocycles. The van der Waals surface area contributed by atoms with E-state index in [1.807, 2.05) is 13.0 Å². The second-order valence-electron chi connectivity index (χ2n) is 7.23. The fraction of sp³-hybridized carbons (Fsp3) is 0.611. The summed E-state index contributed by atoms with van der Waals surface area (Å²) in [5, 5.41) is 5.86. The van der Waals surface area contributed by atoms with Gasteiger partial charge in [0, 0.05) is 37.4 Å². The van der Waals surface area contributed by atoms with Crippen LogP contribution in [0.25, 0.3) is 0 Å². The molecule has 132 valence electrons. The summed E-state index contributed by atoms with van der Waals surface area (Å²) in [6, 6.07) is 5.29. The molecule has 0 saturated carbocycles. The molecule has 6 nitrogen and oxygen atoms in total. The number of urea groups is 1. The summed E-state index contributed by atoms with van der Waals surface area (Å²) in [6.07, 6.45) is 1.29. The predicted octanol–water partition coefficient (Wildman–Crippen LogP) is 2.90. The van der Waals surface area contributed by atoms with Crippen molar-refractivity contribution < 1.29 is 14.3 Å². The highest BCUT2D eigenvalue weighted by atomic mass is 16.7. The molecule has 6 heteroatoms. The van der Waals surface area contributed by atoms with Gasteiger partial charge in [0.1, 0.15) is 0 Å². The Morgan fingerprint density at radius 3 is 2.71 bits per heavy atom. The number of hydrogen-bond acceptors (Lipinski definition) is 4. The van der Waals surface area contributed by atoms with Crippen LogP contribution < -0.4 is 20.1 Å². The average Bonchev–Trinajstić information content (AvgIpc) is 2.93. The number of rotatable bonds is 4. The molecule has 2 aliphatic heterocycles. The molecule has 0 aromatic heterocycles. The van der Waals surface area contributed by atoms with Crippen molar-refractivity contribution in [3.05, 3.63) is 18.2 Å². The number of nitrogens with zero attached hydrogens (tertiary/aromatic N) is 1. The van der Waals surface area contributed by atoms with Gasteiger partial charge in [-0.25, -0.2) is 4.79 Å². The molecular formula is C18H27N3O3. The highest BCUT2D eigenvalue weighted by molar-refractivity contribution is 5.89. The van der Waals surface area contributed by atoms with E-state index in [9.17, 15) is 4.79 Å². The van der Waals surface area contributed by atoms with Crippen molar-refractivity contribution in [1.82, 2.24) is 10.2 Å². The molecule has 0 bridgehead atoms. The van der Waals surface area contributed by atoms with E-state index in [1.54, 1.807) is 12.1 Å². The van der Waals surface area contributed by atoms with Crippen LogP contribution in [0.4, 0.5) is 10.5 Å². The molecular weight excluding hydrogens is 306 g/mol. The number of carbonyl (C=O) groups is 1. The summed E-state index contributed by atoms with van der Waals surface area (Å²) in [5.74, 6) is 2.83. The van der Waals surface area contributed by atoms with E-state index in [4.69, 9.17) is 9.47 Å². The van der Waals surface area contributed by atoms with Crippen LogP contribution >= 0.6 is 0 Å². The first-order valence-corrected chi connectivity index (χ1v) is 8.69. The number of ether oxygens (including phenoxy) is 2. The molecule has 3 unspecified atom stereocenters. The van der Waals surface area contributed by atoms with Crippen LogP contribution in [0.5, 0.6) is 11.5 Å². The third kappa shape index (κ3) is 4.32. The zero-order valence-electron chi connectivity index (χ0n) is 14.7. The van der Waals surface area contributed by atoms with Crippen LogP contribution in [0, 0.1) is 11.8 Å². The highest BCUT2D eigenvalue weighted by Gasteiger charge is 2.23. The maximum Gasteiger partial charge on any atom is 0.319 e. The van der Waals surface area contributed by atoms with Crippen molar-refractivity contribution in [1.29, 1.82) is 0 Å². The molecule has 2 amide bonds. The number of anilines is 1. The Balaban J connectivity index is 1.47. The minimum atomic E-state index is -0.195. The summed E-state index contributed by atoms with van der Waals surface area (Å²) in [5.41, 5.74) is 0.698. The number of benzene rings is 1. The molecule has 1 fully saturated rings. The lowest BCUT2D eigenvalue weighted by molar-refractivity contribution is 0.132. The van der Waals surface area contributed by atoms with Crippen LogP contribution in [-0.4, -0.2) is 43.4 Å². The fourth-order valence-corrected chi connectivity index (χ4v) is 3.74. The zero-order chi connectivity index (χ0) is 17.1. The molecule has 1 aromatic carbocycles. The van der Waals surface area contributed by atoms with Gasteiger partial charge in [-0.2, -0.15) is 0 Å². The van der Waals surface area contributed by atoms with Gasteiger partial charge in [-0.3, -0.25) is 0 Å². The number of carbonyl (C=O) groups excluding carboxylic acids is 1. The van der Waals surface area contributed by atoms with E-state index in [2.05, 4.69) is 29.4 Å². The minimum absolute atomic E-state index is 0.0940. The van der Waals surface area contributed by atoms with Crippen molar-refractivity contribution in [3.8, 4) is 11.5 Å². The molecule has 1 aromatic rings. The smallest absolute Gasteiger partial charge is 0.319 e. The van der Waals surface area contributed by atoms with Gasteiger partial charge in [-0.05, 0) is 37.3 Å². The topological polar surface area (TPSA) is 62.8 Å². The van der Waals surface area contributed by atoms with E-state index < -0.39 is 0 Å². The molecule has 2 N–H and O–H groups in total. The summed E-state index contributed by atoms with van der Waals surface area (Å²) in [7, 11) is 0. The Morgan fingerprint density at radius 1 is 1.25 bits per heavy atom. The molecule has 0 aliphatic carbocycles. The Bertz CT molecular complexity index is 583. The van der Waals surface area contributed by atoms with Gasteiger partial charge in [0.15, 0.2) is 11.5 Å². The summed E-state index contributed by atoms with van der Waals surface area (Å²) in [6.45, 7) is 9.97. The third-order valence-corrected chi connectivity index (χ3v) is 4.48. The largest absolute Gasteiger partial charge is 0.454 e. The van der Waals surface area contributed by atoms with Crippen LogP contribution in [0.15, 0.2) is 18.2 Å². The molecule has 2 aliphatic rings. The summed E-state index contributed by atoms with van der Waals surface area (Å²) in [4.78, 5) is 14.6. The first-order valence-electron chi connectivity index (χ1n) is 8.69. The van der Waals surface area contributed by atoms with Gasteiger partial charge in [-0.15, -0.1) is 0 Å². The molecule has 3 atom stereocenters. The zero-order valence-corrected chi connectivity index (χ0v) is 14.7. The van der Waals surface area contributed by atoms with Gasteiger partial charge in [-0.1, -0.05) is 13.8 Å². The SMILES string of the molecule is CC1CC(C)CN(CC(C)NC(=O)Nc2ccc3c(c2)OCO3)C1. The quantitative estimate of drug-likeness (QED) is 0.889. The Morgan fingerprint density at radius 2 is 1.96 bits per heavy atom. The van der Waals surface area contributed by atoms with E-state index >= 15 is 0 Å². The van der Waals surface area contributed by atoms with Crippen LogP contribution in [0.3, 0.4) is 0 Å². The minimum Gasteiger partial charge on any atom is -0.454 e. The molecule has 3 rings (SSSR count). The van der Waals surface area contributed by atoms with Crippen molar-refractivity contribution in [3.63, 3.8) is 0 Å². The van der Waals surface area contributed by atoms with Gasteiger partial charge >= 0.3 is 6.03 Å². The lowest BCUT2D eigenvalue weighted by atomic mass is 9.92. The second-order valence-corrected chi connectivity index (χ2v) is 7.23. The fourth-order valence-electron chi connectivity index (χ4n) is 3.74. The van der Waals surface area contributed by atoms with E-state index in [-0.39, 0.29) is 18.9 Å². The second kappa shape index (κ2) is 7.30. The van der Waals surface area contributed by atoms with Crippen molar-refractivity contribution in [2.45, 2.75) is 33.2 Å². The van der Waals surface area contributed by atoms with E-state index in [0.717, 1.165) is 31.5 Å². The van der Waals surface area contributed by atoms with Crippen LogP contribution in [-0.2, 0) is 0 Å². The number of likely N-dealkylation sites (tertiary alicyclic amines) is 1. The Hall–Kier alpha value is -1.95. The summed E-state index contributed by atoms with van der Waals surface area (Å²) >= 11 is 0. The third-order valence-electron chi connectivity index (χ3n) is 4.48. The molecule has 24 heavy (non-hydrogen) atoms. The van der Waals surface area contributed by atoms with E-state index in [1.165, 1.54) is 6.42 Å². The van der Waals surface area contributed by atoms with Gasteiger partial charge < -0.3 is 25.0 Å². The van der Waals surface area contributed by atoms with Crippen molar-refractivity contribution >= 4 is 11.7 Å². The average molecular weight is 333 g/mol. The maximum atomic E-state index is 12.2. The highest BCUT2D eigenvalue weighted by Crippen LogP contribution is 2.34. The monoisotopic (exact) mass is 333 g/mol. The normalized spacial score (nSPS) is 24.5. The molecule has 0 radical (unpaired) electrons. The number of piperidine rings is 1. The number of nitrogens with one attached hydrogen (secondary N) is 2. The number of amides is 2. The van der Waals surface area contributed by atoms with Gasteiger partial charge in [0.2, 0.25) is 6.79 Å². The van der Waals surface area contributed by atoms with Gasteiger partial charge in [0.25, 0.3) is 0 Å². The first-order chi connectivity index (χ1) is 11.5. The van der Waals surface area contributed by atoms with Crippen LogP contribution in [0.1, 0.15) is 27.2 Å². The first kappa shape index (κ1) is 16.9. The lowest BCUT2D eigenvalue weighted by Gasteiger charge is -2.36. The number of fused-ring (bicyclic) bond motifs is 1. The summed E-state index contributed by atoms with van der Waals surface area (Å²) < 4.78 is 10.6. The Kier molecular flexibility index (Phi) is 5.14. The predicted molar refractivity (Wildman–Crippen MR) is 93.6 cm³/mol. The Labute approximate surface area is 143 Å². The maximum absolute atomic E-state index is 12.2. The molecule has 0 spiro atoms. The standard InChI is InChI=1S/C18H27N3O3/c1-12-6-13(2)9-21(8-12)10-14(3)19-18(22)20-15-4-5-16-17(7-15)24-11-23-16/h4-5,7,12-14H,6,8-11H2,1-3H3,(H2,19,20,22). The van der Waals surface area contributed by atoms with Crippen molar-refractivity contribution in [2.24, 2.45) is 11.8 Å². The van der Waals surface area contributed by atoms with Crippen LogP contribution in [0.2, 0.25) is 0 Å². The van der Waals surface area contributed by atoms with Crippen molar-refractivity contribution in [2.75, 3.05) is 31.7 Å². The van der Waals surface area contributed by atoms with E-state index in [0.29, 0.717) is 17.2 Å². The lowest BCUT2D eigenvalue weighted by Crippen LogP contribution is -2.47.